The number of halogens is 1. The Balaban J connectivity index is 1.90. The van der Waals surface area contributed by atoms with Gasteiger partial charge < -0.3 is 10.1 Å². The molecule has 84 valence electrons. The van der Waals surface area contributed by atoms with Crippen molar-refractivity contribution in [2.24, 2.45) is 0 Å². The van der Waals surface area contributed by atoms with E-state index in [0.29, 0.717) is 13.2 Å². The SMILES string of the molecule is O=C(C=Cc1cccc(Br)c1)NC1COC1. The third-order valence-corrected chi connectivity index (χ3v) is 2.75. The van der Waals surface area contributed by atoms with Gasteiger partial charge in [0, 0.05) is 10.5 Å². The molecule has 1 N–H and O–H groups in total. The molecule has 1 amide bonds. The Morgan fingerprint density at radius 1 is 1.50 bits per heavy atom. The fraction of sp³-hybridized carbons (Fsp3) is 0.250. The fourth-order valence-electron chi connectivity index (χ4n) is 1.35. The third-order valence-electron chi connectivity index (χ3n) is 2.26. The van der Waals surface area contributed by atoms with Crippen molar-refractivity contribution in [3.63, 3.8) is 0 Å². The Hall–Kier alpha value is -1.13. The Morgan fingerprint density at radius 3 is 2.94 bits per heavy atom. The molecule has 3 nitrogen and oxygen atoms in total. The second kappa shape index (κ2) is 5.27. The molecule has 1 aromatic carbocycles. The van der Waals surface area contributed by atoms with Gasteiger partial charge in [0.2, 0.25) is 5.91 Å². The maximum absolute atomic E-state index is 11.4. The van der Waals surface area contributed by atoms with Crippen molar-refractivity contribution in [2.45, 2.75) is 6.04 Å². The predicted molar refractivity (Wildman–Crippen MR) is 65.9 cm³/mol. The summed E-state index contributed by atoms with van der Waals surface area (Å²) >= 11 is 3.38. The van der Waals surface area contributed by atoms with Gasteiger partial charge in [0.15, 0.2) is 0 Å². The quantitative estimate of drug-likeness (QED) is 0.861. The summed E-state index contributed by atoms with van der Waals surface area (Å²) in [5.41, 5.74) is 0.995. The second-order valence-electron chi connectivity index (χ2n) is 3.63. The van der Waals surface area contributed by atoms with Crippen LogP contribution in [-0.2, 0) is 9.53 Å². The van der Waals surface area contributed by atoms with Crippen molar-refractivity contribution < 1.29 is 9.53 Å². The number of rotatable bonds is 3. The first-order chi connectivity index (χ1) is 7.74. The molecule has 4 heteroatoms. The average molecular weight is 282 g/mol. The van der Waals surface area contributed by atoms with Crippen LogP contribution in [0.25, 0.3) is 6.08 Å². The van der Waals surface area contributed by atoms with Gasteiger partial charge in [-0.2, -0.15) is 0 Å². The molecule has 0 spiro atoms. The molecule has 2 rings (SSSR count). The normalized spacial score (nSPS) is 16.1. The van der Waals surface area contributed by atoms with E-state index < -0.39 is 0 Å². The van der Waals surface area contributed by atoms with Crippen LogP contribution >= 0.6 is 15.9 Å². The number of hydrogen-bond donors (Lipinski definition) is 1. The van der Waals surface area contributed by atoms with E-state index in [-0.39, 0.29) is 11.9 Å². The lowest BCUT2D eigenvalue weighted by Gasteiger charge is -2.26. The van der Waals surface area contributed by atoms with Crippen LogP contribution in [0, 0.1) is 0 Å². The van der Waals surface area contributed by atoms with E-state index in [9.17, 15) is 4.79 Å². The summed E-state index contributed by atoms with van der Waals surface area (Å²) in [6.45, 7) is 1.24. The highest BCUT2D eigenvalue weighted by molar-refractivity contribution is 9.10. The summed E-state index contributed by atoms with van der Waals surface area (Å²) < 4.78 is 5.97. The van der Waals surface area contributed by atoms with Crippen LogP contribution in [-0.4, -0.2) is 25.2 Å². The van der Waals surface area contributed by atoms with E-state index in [1.54, 1.807) is 12.2 Å². The first-order valence-electron chi connectivity index (χ1n) is 5.06. The molecule has 16 heavy (non-hydrogen) atoms. The molecular formula is C12H12BrNO2. The molecular weight excluding hydrogens is 270 g/mol. The minimum Gasteiger partial charge on any atom is -0.377 e. The van der Waals surface area contributed by atoms with Crippen LogP contribution in [0.5, 0.6) is 0 Å². The van der Waals surface area contributed by atoms with Gasteiger partial charge in [0.05, 0.1) is 19.3 Å². The predicted octanol–water partition coefficient (Wildman–Crippen LogP) is 1.98. The first kappa shape index (κ1) is 11.4. The zero-order chi connectivity index (χ0) is 11.4. The van der Waals surface area contributed by atoms with Crippen molar-refractivity contribution in [1.82, 2.24) is 5.32 Å². The lowest BCUT2D eigenvalue weighted by molar-refractivity contribution is -0.120. The molecule has 1 saturated heterocycles. The largest absolute Gasteiger partial charge is 0.377 e. The monoisotopic (exact) mass is 281 g/mol. The Labute approximate surface area is 103 Å². The Kier molecular flexibility index (Phi) is 3.74. The highest BCUT2D eigenvalue weighted by Gasteiger charge is 2.18. The average Bonchev–Trinajstić information content (AvgIpc) is 2.21. The highest BCUT2D eigenvalue weighted by Crippen LogP contribution is 2.12. The van der Waals surface area contributed by atoms with Crippen molar-refractivity contribution in [2.75, 3.05) is 13.2 Å². The number of hydrogen-bond acceptors (Lipinski definition) is 2. The smallest absolute Gasteiger partial charge is 0.244 e. The van der Waals surface area contributed by atoms with Crippen LogP contribution in [0.15, 0.2) is 34.8 Å². The molecule has 1 heterocycles. The Bertz CT molecular complexity index is 413. The topological polar surface area (TPSA) is 38.3 Å². The van der Waals surface area contributed by atoms with Gasteiger partial charge in [-0.15, -0.1) is 0 Å². The molecule has 0 bridgehead atoms. The molecule has 1 aliphatic heterocycles. The molecule has 0 atom stereocenters. The van der Waals surface area contributed by atoms with Crippen molar-refractivity contribution >= 4 is 27.9 Å². The number of nitrogens with one attached hydrogen (secondary N) is 1. The molecule has 0 aromatic heterocycles. The summed E-state index contributed by atoms with van der Waals surface area (Å²) in [6.07, 6.45) is 3.33. The van der Waals surface area contributed by atoms with E-state index in [1.807, 2.05) is 24.3 Å². The molecule has 1 fully saturated rings. The molecule has 0 saturated carbocycles. The minimum atomic E-state index is -0.0757. The van der Waals surface area contributed by atoms with Gasteiger partial charge in [-0.1, -0.05) is 28.1 Å². The molecule has 1 aromatic rings. The summed E-state index contributed by atoms with van der Waals surface area (Å²) in [5.74, 6) is -0.0757. The summed E-state index contributed by atoms with van der Waals surface area (Å²) in [5, 5.41) is 2.84. The first-order valence-corrected chi connectivity index (χ1v) is 5.85. The van der Waals surface area contributed by atoms with Crippen LogP contribution < -0.4 is 5.32 Å². The van der Waals surface area contributed by atoms with E-state index in [1.165, 1.54) is 0 Å². The van der Waals surface area contributed by atoms with Gasteiger partial charge in [-0.3, -0.25) is 4.79 Å². The standard InChI is InChI=1S/C12H12BrNO2/c13-10-3-1-2-9(6-10)4-5-12(15)14-11-7-16-8-11/h1-6,11H,7-8H2,(H,14,15). The van der Waals surface area contributed by atoms with E-state index in [0.717, 1.165) is 10.0 Å². The summed E-state index contributed by atoms with van der Waals surface area (Å²) in [6, 6.07) is 7.96. The van der Waals surface area contributed by atoms with Gasteiger partial charge in [-0.25, -0.2) is 0 Å². The van der Waals surface area contributed by atoms with Gasteiger partial charge in [-0.05, 0) is 23.8 Å². The van der Waals surface area contributed by atoms with E-state index in [4.69, 9.17) is 4.74 Å². The van der Waals surface area contributed by atoms with Crippen LogP contribution in [0.3, 0.4) is 0 Å². The summed E-state index contributed by atoms with van der Waals surface area (Å²) in [7, 11) is 0. The lowest BCUT2D eigenvalue weighted by Crippen LogP contribution is -2.48. The van der Waals surface area contributed by atoms with Crippen LogP contribution in [0.1, 0.15) is 5.56 Å². The molecule has 1 aliphatic rings. The van der Waals surface area contributed by atoms with E-state index >= 15 is 0 Å². The Morgan fingerprint density at radius 2 is 2.31 bits per heavy atom. The lowest BCUT2D eigenvalue weighted by atomic mass is 10.2. The zero-order valence-electron chi connectivity index (χ0n) is 8.65. The van der Waals surface area contributed by atoms with Gasteiger partial charge >= 0.3 is 0 Å². The van der Waals surface area contributed by atoms with E-state index in [2.05, 4.69) is 21.2 Å². The van der Waals surface area contributed by atoms with Crippen molar-refractivity contribution in [3.8, 4) is 0 Å². The fourth-order valence-corrected chi connectivity index (χ4v) is 1.77. The molecule has 0 unspecified atom stereocenters. The maximum Gasteiger partial charge on any atom is 0.244 e. The maximum atomic E-state index is 11.4. The number of amides is 1. The van der Waals surface area contributed by atoms with Crippen molar-refractivity contribution in [1.29, 1.82) is 0 Å². The number of ether oxygens (including phenoxy) is 1. The summed E-state index contributed by atoms with van der Waals surface area (Å²) in [4.78, 5) is 11.4. The highest BCUT2D eigenvalue weighted by atomic mass is 79.9. The number of benzene rings is 1. The van der Waals surface area contributed by atoms with Crippen LogP contribution in [0.4, 0.5) is 0 Å². The second-order valence-corrected chi connectivity index (χ2v) is 4.55. The molecule has 0 aliphatic carbocycles. The minimum absolute atomic E-state index is 0.0757. The van der Waals surface area contributed by atoms with Crippen molar-refractivity contribution in [3.05, 3.63) is 40.4 Å². The number of carbonyl (C=O) groups excluding carboxylic acids is 1. The molecule has 0 radical (unpaired) electrons. The van der Waals surface area contributed by atoms with Crippen LogP contribution in [0.2, 0.25) is 0 Å². The third kappa shape index (κ3) is 3.18. The van der Waals surface area contributed by atoms with Gasteiger partial charge in [0.25, 0.3) is 0 Å². The van der Waals surface area contributed by atoms with Gasteiger partial charge in [0.1, 0.15) is 0 Å². The zero-order valence-corrected chi connectivity index (χ0v) is 10.2. The number of carbonyl (C=O) groups is 1.